The van der Waals surface area contributed by atoms with Gasteiger partial charge in [0.25, 0.3) is 0 Å². The largest absolute Gasteiger partial charge is 0.383 e. The second kappa shape index (κ2) is 7.51. The van der Waals surface area contributed by atoms with Gasteiger partial charge >= 0.3 is 11.8 Å². The van der Waals surface area contributed by atoms with Gasteiger partial charge in [-0.15, -0.1) is 0 Å². The van der Waals surface area contributed by atoms with Crippen molar-refractivity contribution in [2.45, 2.75) is 32.7 Å². The van der Waals surface area contributed by atoms with E-state index in [1.54, 1.807) is 30.3 Å². The fourth-order valence-corrected chi connectivity index (χ4v) is 3.45. The number of rotatable bonds is 2. The van der Waals surface area contributed by atoms with E-state index in [1.807, 2.05) is 12.1 Å². The molecule has 1 aliphatic heterocycles. The quantitative estimate of drug-likeness (QED) is 0.807. The van der Waals surface area contributed by atoms with Crippen LogP contribution in [0, 0.1) is 12.8 Å². The highest BCUT2D eigenvalue weighted by Crippen LogP contribution is 2.35. The molecule has 3 N–H and O–H groups in total. The Morgan fingerprint density at radius 3 is 2.73 bits per heavy atom. The zero-order valence-corrected chi connectivity index (χ0v) is 15.0. The number of likely N-dealkylation sites (tertiary alicyclic amines) is 1. The van der Waals surface area contributed by atoms with Crippen LogP contribution in [0.25, 0.3) is 0 Å². The molecule has 1 saturated heterocycles. The van der Waals surface area contributed by atoms with Gasteiger partial charge < -0.3 is 16.0 Å². The number of aromatic nitrogens is 2. The Balaban J connectivity index is 1.79. The van der Waals surface area contributed by atoms with Gasteiger partial charge in [0, 0.05) is 18.9 Å². The molecule has 0 saturated carbocycles. The van der Waals surface area contributed by atoms with Crippen LogP contribution >= 0.6 is 0 Å². The smallest absolute Gasteiger partial charge is 0.313 e. The lowest BCUT2D eigenvalue weighted by molar-refractivity contribution is -0.146. The number of carbonyl (C=O) groups excluding carboxylic acids is 2. The second-order valence-electron chi connectivity index (χ2n) is 6.72. The molecule has 1 aliphatic rings. The second-order valence-corrected chi connectivity index (χ2v) is 6.72. The van der Waals surface area contributed by atoms with E-state index >= 15 is 0 Å². The highest BCUT2D eigenvalue weighted by molar-refractivity contribution is 6.39. The van der Waals surface area contributed by atoms with Gasteiger partial charge in [0.2, 0.25) is 0 Å². The molecule has 7 nitrogen and oxygen atoms in total. The van der Waals surface area contributed by atoms with Gasteiger partial charge in [-0.05, 0) is 55.0 Å². The predicted octanol–water partition coefficient (Wildman–Crippen LogP) is 2.31. The van der Waals surface area contributed by atoms with Crippen molar-refractivity contribution in [3.63, 3.8) is 0 Å². The van der Waals surface area contributed by atoms with Gasteiger partial charge in [0.15, 0.2) is 0 Å². The van der Waals surface area contributed by atoms with Crippen LogP contribution < -0.4 is 11.1 Å². The summed E-state index contributed by atoms with van der Waals surface area (Å²) in [4.78, 5) is 35.1. The number of nitrogens with zero attached hydrogens (tertiary/aromatic N) is 3. The van der Waals surface area contributed by atoms with Gasteiger partial charge in [-0.25, -0.2) is 4.98 Å². The molecule has 1 fully saturated rings. The Kier molecular flexibility index (Phi) is 5.16. The van der Waals surface area contributed by atoms with Crippen LogP contribution in [0.15, 0.2) is 36.8 Å². The average Bonchev–Trinajstić information content (AvgIpc) is 2.64. The zero-order valence-electron chi connectivity index (χ0n) is 15.0. The lowest BCUT2D eigenvalue weighted by atomic mass is 9.86. The molecule has 7 heteroatoms. The molecule has 2 amide bonds. The number of piperidine rings is 1. The first-order chi connectivity index (χ1) is 12.5. The van der Waals surface area contributed by atoms with Crippen LogP contribution in [0.1, 0.15) is 36.9 Å². The lowest BCUT2D eigenvalue weighted by Gasteiger charge is -2.39. The fraction of sp³-hybridized carbons (Fsp3) is 0.368. The minimum Gasteiger partial charge on any atom is -0.383 e. The van der Waals surface area contributed by atoms with Gasteiger partial charge in [-0.3, -0.25) is 14.6 Å². The summed E-state index contributed by atoms with van der Waals surface area (Å²) in [6, 6.07) is 5.37. The summed E-state index contributed by atoms with van der Waals surface area (Å²) in [5.41, 5.74) is 7.89. The Morgan fingerprint density at radius 2 is 2.04 bits per heavy atom. The minimum absolute atomic E-state index is 0.128. The third kappa shape index (κ3) is 3.66. The SMILES string of the molecule is Cc1cc(NC(=O)C(=O)N2CCCC(C)C2c2ccncc2)cnc1N. The number of anilines is 2. The third-order valence-corrected chi connectivity index (χ3v) is 4.81. The number of nitrogen functional groups attached to an aromatic ring is 1. The maximum Gasteiger partial charge on any atom is 0.313 e. The maximum atomic E-state index is 12.8. The van der Waals surface area contributed by atoms with Crippen LogP contribution in [-0.4, -0.2) is 33.2 Å². The first kappa shape index (κ1) is 17.8. The standard InChI is InChI=1S/C19H23N5O2/c1-12-4-3-9-24(16(12)14-5-7-21-8-6-14)19(26)18(25)23-15-10-13(2)17(20)22-11-15/h5-8,10-12,16H,3-4,9H2,1-2H3,(H2,20,22)(H,23,25). The Morgan fingerprint density at radius 1 is 1.31 bits per heavy atom. The van der Waals surface area contributed by atoms with Crippen molar-refractivity contribution in [3.05, 3.63) is 47.9 Å². The van der Waals surface area contributed by atoms with E-state index in [0.717, 1.165) is 24.0 Å². The van der Waals surface area contributed by atoms with E-state index in [-0.39, 0.29) is 12.0 Å². The topological polar surface area (TPSA) is 101 Å². The van der Waals surface area contributed by atoms with Crippen molar-refractivity contribution in [1.29, 1.82) is 0 Å². The Labute approximate surface area is 152 Å². The molecule has 2 unspecified atom stereocenters. The van der Waals surface area contributed by atoms with Crippen LogP contribution in [0.5, 0.6) is 0 Å². The molecule has 0 bridgehead atoms. The molecule has 0 aromatic carbocycles. The first-order valence-electron chi connectivity index (χ1n) is 8.71. The van der Waals surface area contributed by atoms with Crippen molar-refractivity contribution in [2.75, 3.05) is 17.6 Å². The van der Waals surface area contributed by atoms with E-state index in [2.05, 4.69) is 22.2 Å². The highest BCUT2D eigenvalue weighted by Gasteiger charge is 2.35. The summed E-state index contributed by atoms with van der Waals surface area (Å²) < 4.78 is 0. The van der Waals surface area contributed by atoms with Crippen molar-refractivity contribution >= 4 is 23.3 Å². The monoisotopic (exact) mass is 353 g/mol. The third-order valence-electron chi connectivity index (χ3n) is 4.81. The first-order valence-corrected chi connectivity index (χ1v) is 8.71. The molecule has 3 heterocycles. The number of aryl methyl sites for hydroxylation is 1. The normalized spacial score (nSPS) is 19.8. The zero-order chi connectivity index (χ0) is 18.7. The number of carbonyl (C=O) groups is 2. The number of hydrogen-bond donors (Lipinski definition) is 2. The molecule has 3 rings (SSSR count). The number of hydrogen-bond acceptors (Lipinski definition) is 5. The molecular weight excluding hydrogens is 330 g/mol. The number of nitrogens with one attached hydrogen (secondary N) is 1. The van der Waals surface area contributed by atoms with E-state index in [4.69, 9.17) is 5.73 Å². The van der Waals surface area contributed by atoms with Crippen molar-refractivity contribution in [1.82, 2.24) is 14.9 Å². The van der Waals surface area contributed by atoms with Crippen molar-refractivity contribution in [3.8, 4) is 0 Å². The van der Waals surface area contributed by atoms with Gasteiger partial charge in [-0.2, -0.15) is 0 Å². The summed E-state index contributed by atoms with van der Waals surface area (Å²) in [6.07, 6.45) is 6.76. The van der Waals surface area contributed by atoms with Gasteiger partial charge in [-0.1, -0.05) is 6.92 Å². The maximum absolute atomic E-state index is 12.8. The molecular formula is C19H23N5O2. The van der Waals surface area contributed by atoms with Gasteiger partial charge in [0.1, 0.15) is 5.82 Å². The van der Waals surface area contributed by atoms with E-state index in [1.165, 1.54) is 6.20 Å². The molecule has 26 heavy (non-hydrogen) atoms. The Bertz CT molecular complexity index is 809. The van der Waals surface area contributed by atoms with Gasteiger partial charge in [0.05, 0.1) is 17.9 Å². The number of amides is 2. The number of nitrogens with two attached hydrogens (primary N) is 1. The molecule has 0 spiro atoms. The van der Waals surface area contributed by atoms with Crippen LogP contribution in [0.2, 0.25) is 0 Å². The van der Waals surface area contributed by atoms with Crippen LogP contribution in [-0.2, 0) is 9.59 Å². The average molecular weight is 353 g/mol. The minimum atomic E-state index is -0.663. The van der Waals surface area contributed by atoms with E-state index < -0.39 is 11.8 Å². The fourth-order valence-electron chi connectivity index (χ4n) is 3.45. The van der Waals surface area contributed by atoms with Crippen LogP contribution in [0.3, 0.4) is 0 Å². The Hall–Kier alpha value is -2.96. The van der Waals surface area contributed by atoms with Crippen molar-refractivity contribution < 1.29 is 9.59 Å². The molecule has 2 aromatic rings. The summed E-state index contributed by atoms with van der Waals surface area (Å²) in [5.74, 6) is -0.530. The predicted molar refractivity (Wildman–Crippen MR) is 99.1 cm³/mol. The summed E-state index contributed by atoms with van der Waals surface area (Å²) in [6.45, 7) is 4.46. The van der Waals surface area contributed by atoms with Crippen molar-refractivity contribution in [2.24, 2.45) is 5.92 Å². The molecule has 0 aliphatic carbocycles. The molecule has 2 atom stereocenters. The van der Waals surface area contributed by atoms with E-state index in [0.29, 0.717) is 18.1 Å². The lowest BCUT2D eigenvalue weighted by Crippen LogP contribution is -2.46. The number of pyridine rings is 2. The summed E-state index contributed by atoms with van der Waals surface area (Å²) in [7, 11) is 0. The molecule has 136 valence electrons. The molecule has 2 aromatic heterocycles. The highest BCUT2D eigenvalue weighted by atomic mass is 16.2. The summed E-state index contributed by atoms with van der Waals surface area (Å²) in [5, 5.41) is 2.63. The molecule has 0 radical (unpaired) electrons. The van der Waals surface area contributed by atoms with Crippen LogP contribution in [0.4, 0.5) is 11.5 Å². The van der Waals surface area contributed by atoms with E-state index in [9.17, 15) is 9.59 Å². The summed E-state index contributed by atoms with van der Waals surface area (Å²) >= 11 is 0.